The number of nitrogens with zero attached hydrogens (tertiary/aromatic N) is 2. The number of benzene rings is 4. The highest BCUT2D eigenvalue weighted by Gasteiger charge is 2.50. The van der Waals surface area contributed by atoms with Gasteiger partial charge in [0, 0.05) is 46.7 Å². The third-order valence-electron chi connectivity index (χ3n) is 7.34. The number of carbonyl (C=O) groups is 1. The van der Waals surface area contributed by atoms with Gasteiger partial charge in [-0.25, -0.2) is 5.03 Å². The molecule has 0 saturated carbocycles. The van der Waals surface area contributed by atoms with Gasteiger partial charge in [0.05, 0.1) is 5.56 Å². The fourth-order valence-corrected chi connectivity index (χ4v) is 5.28. The number of unbranched alkanes of at least 4 members (excludes halogenated alkanes) is 2. The van der Waals surface area contributed by atoms with Gasteiger partial charge in [0.2, 0.25) is 0 Å². The summed E-state index contributed by atoms with van der Waals surface area (Å²) >= 11 is 0. The van der Waals surface area contributed by atoms with Crippen LogP contribution in [0.15, 0.2) is 77.9 Å². The molecule has 1 unspecified atom stereocenters. The number of nitrogens with one attached hydrogen (secondary N) is 1. The summed E-state index contributed by atoms with van der Waals surface area (Å²) in [6.45, 7) is 2.63. The number of fused-ring (bicyclic) bond motifs is 4. The Kier molecular flexibility index (Phi) is 6.88. The van der Waals surface area contributed by atoms with Crippen LogP contribution in [0.4, 0.5) is 15.7 Å². The number of anilines is 1. The van der Waals surface area contributed by atoms with Crippen LogP contribution < -0.4 is 19.3 Å². The maximum absolute atomic E-state index is 15.7. The van der Waals surface area contributed by atoms with E-state index in [1.807, 2.05) is 24.3 Å². The maximum atomic E-state index is 15.7. The van der Waals surface area contributed by atoms with Crippen molar-refractivity contribution in [3.8, 4) is 28.4 Å². The summed E-state index contributed by atoms with van der Waals surface area (Å²) in [7, 11) is 0. The van der Waals surface area contributed by atoms with Gasteiger partial charge in [-0.2, -0.15) is 0 Å². The lowest BCUT2D eigenvalue weighted by molar-refractivity contribution is -0.441. The average Bonchev–Trinajstić information content (AvgIpc) is 2.97. The van der Waals surface area contributed by atoms with Crippen LogP contribution >= 0.6 is 0 Å². The molecule has 6 rings (SSSR count). The predicted octanol–water partition coefficient (Wildman–Crippen LogP) is 6.84. The molecule has 0 radical (unpaired) electrons. The monoisotopic (exact) mass is 539 g/mol. The van der Waals surface area contributed by atoms with E-state index in [4.69, 9.17) is 14.0 Å². The van der Waals surface area contributed by atoms with Crippen molar-refractivity contribution in [1.29, 1.82) is 0 Å². The van der Waals surface area contributed by atoms with Crippen LogP contribution in [0.5, 0.6) is 17.2 Å². The van der Waals surface area contributed by atoms with Gasteiger partial charge in [0.25, 0.3) is 5.97 Å². The Labute approximate surface area is 232 Å². The highest BCUT2D eigenvalue weighted by Crippen LogP contribution is 2.52. The summed E-state index contributed by atoms with van der Waals surface area (Å²) in [5.41, 5.74) is 3.46. The molecule has 7 nitrogen and oxygen atoms in total. The number of hydrogen-bond donors (Lipinski definition) is 1. The first-order valence-corrected chi connectivity index (χ1v) is 13.9. The molecule has 0 spiro atoms. The lowest BCUT2D eigenvalue weighted by Crippen LogP contribution is -2.90. The maximum Gasteiger partial charge on any atom is 0.875 e. The molecule has 0 fully saturated rings. The van der Waals surface area contributed by atoms with Gasteiger partial charge < -0.3 is 23.3 Å². The first-order chi connectivity index (χ1) is 19.5. The van der Waals surface area contributed by atoms with Gasteiger partial charge in [-0.1, -0.05) is 62.1 Å². The van der Waals surface area contributed by atoms with Crippen molar-refractivity contribution in [3.63, 3.8) is 0 Å². The second-order valence-electron chi connectivity index (χ2n) is 10.2. The van der Waals surface area contributed by atoms with Crippen molar-refractivity contribution in [2.24, 2.45) is 5.11 Å². The molecule has 9 heteroatoms. The standard InChI is InChI=1S/C31H31BFN3O4/c1-3-5-17-36(18-6-4-2)22-15-16-23-25-20-28-30(24-13-10-14-26(29(24)25)38-27(23)19-22)34-35-32(33,39-28)40-31(37)21-11-8-7-9-12-21/h7-16,19-20,35H,3-6,17-18H2,1-2H3. The molecular formula is C31H31BFN3O4. The summed E-state index contributed by atoms with van der Waals surface area (Å²) in [5, 5.41) is 8.16. The van der Waals surface area contributed by atoms with E-state index in [9.17, 15) is 4.79 Å². The van der Waals surface area contributed by atoms with Gasteiger partial charge in [-0.05, 0) is 49.2 Å². The van der Waals surface area contributed by atoms with E-state index in [0.29, 0.717) is 11.4 Å². The Morgan fingerprint density at radius 3 is 2.45 bits per heavy atom. The highest BCUT2D eigenvalue weighted by atomic mass is 19.1. The van der Waals surface area contributed by atoms with E-state index >= 15 is 4.32 Å². The number of carbonyl (C=O) groups excluding carboxylic acids is 1. The molecule has 1 atom stereocenters. The summed E-state index contributed by atoms with van der Waals surface area (Å²) in [5.74, 6) is 0.766. The zero-order chi connectivity index (χ0) is 27.7. The van der Waals surface area contributed by atoms with Crippen molar-refractivity contribution < 1.29 is 28.2 Å². The normalized spacial score (nSPS) is 16.5. The Morgan fingerprint density at radius 2 is 1.70 bits per heavy atom. The van der Waals surface area contributed by atoms with Crippen molar-refractivity contribution in [1.82, 2.24) is 0 Å². The fourth-order valence-electron chi connectivity index (χ4n) is 5.28. The predicted molar refractivity (Wildman–Crippen MR) is 154 cm³/mol. The summed E-state index contributed by atoms with van der Waals surface area (Å²) < 4.78 is 32.9. The van der Waals surface area contributed by atoms with E-state index in [1.165, 1.54) is 0 Å². The Bertz CT molecular complexity index is 1610. The first-order valence-electron chi connectivity index (χ1n) is 13.9. The van der Waals surface area contributed by atoms with Gasteiger partial charge >= 0.3 is 6.96 Å². The molecule has 0 bridgehead atoms. The summed E-state index contributed by atoms with van der Waals surface area (Å²) in [6, 6.07) is 21.9. The SMILES string of the molecule is CCCCN(CCCC)c1ccc2c(c1)Oc1cccc3c4c(cc-2c13)O[B-](F)(OC(=O)c1ccccc1)[NH+]=N4. The van der Waals surface area contributed by atoms with Gasteiger partial charge in [-0.15, -0.1) is 0 Å². The molecule has 0 amide bonds. The smallest absolute Gasteiger partial charge is 0.588 e. The molecule has 4 aromatic carbocycles. The van der Waals surface area contributed by atoms with Crippen LogP contribution in [0.2, 0.25) is 0 Å². The lowest BCUT2D eigenvalue weighted by Gasteiger charge is -2.30. The van der Waals surface area contributed by atoms with E-state index in [-0.39, 0.29) is 11.3 Å². The second-order valence-corrected chi connectivity index (χ2v) is 10.2. The average molecular weight is 539 g/mol. The van der Waals surface area contributed by atoms with Crippen LogP contribution in [-0.2, 0) is 4.65 Å². The zero-order valence-electron chi connectivity index (χ0n) is 22.7. The van der Waals surface area contributed by atoms with Crippen LogP contribution in [0.25, 0.3) is 21.9 Å². The molecule has 0 saturated heterocycles. The highest BCUT2D eigenvalue weighted by molar-refractivity contribution is 6.53. The lowest BCUT2D eigenvalue weighted by atomic mass is 9.92. The van der Waals surface area contributed by atoms with Crippen molar-refractivity contribution in [3.05, 3.63) is 78.4 Å². The van der Waals surface area contributed by atoms with Gasteiger partial charge in [-0.3, -0.25) is 4.79 Å². The van der Waals surface area contributed by atoms with Gasteiger partial charge in [0.1, 0.15) is 17.2 Å². The molecular weight excluding hydrogens is 508 g/mol. The largest absolute Gasteiger partial charge is 0.875 e. The number of halogens is 1. The van der Waals surface area contributed by atoms with Gasteiger partial charge in [0.15, 0.2) is 5.69 Å². The van der Waals surface area contributed by atoms with Crippen molar-refractivity contribution in [2.45, 2.75) is 39.5 Å². The van der Waals surface area contributed by atoms with Crippen molar-refractivity contribution in [2.75, 3.05) is 18.0 Å². The summed E-state index contributed by atoms with van der Waals surface area (Å²) in [4.78, 5) is 15.0. The fraction of sp³-hybridized carbons (Fsp3) is 0.258. The van der Waals surface area contributed by atoms with E-state index < -0.39 is 12.9 Å². The molecule has 0 aromatic heterocycles. The molecule has 2 heterocycles. The Morgan fingerprint density at radius 1 is 0.925 bits per heavy atom. The molecule has 2 aliphatic rings. The second kappa shape index (κ2) is 10.6. The molecule has 4 aromatic rings. The topological polar surface area (TPSA) is 74.3 Å². The third-order valence-corrected chi connectivity index (χ3v) is 7.34. The minimum atomic E-state index is -3.74. The third kappa shape index (κ3) is 4.76. The van der Waals surface area contributed by atoms with Crippen LogP contribution in [0.3, 0.4) is 0 Å². The molecule has 204 valence electrons. The minimum Gasteiger partial charge on any atom is -0.588 e. The van der Waals surface area contributed by atoms with Crippen molar-refractivity contribution >= 4 is 35.1 Å². The molecule has 0 aliphatic carbocycles. The molecule has 40 heavy (non-hydrogen) atoms. The van der Waals surface area contributed by atoms with E-state index in [2.05, 4.69) is 41.0 Å². The van der Waals surface area contributed by atoms with Crippen LogP contribution in [0.1, 0.15) is 49.9 Å². The van der Waals surface area contributed by atoms with Crippen LogP contribution in [0, 0.1) is 0 Å². The molecule has 2 aliphatic heterocycles. The number of ether oxygens (including phenoxy) is 1. The first kappa shape index (κ1) is 25.9. The number of rotatable bonds is 9. The van der Waals surface area contributed by atoms with Crippen LogP contribution in [-0.4, -0.2) is 26.0 Å². The Balaban J connectivity index is 1.38. The number of hydrogen-bond acceptors (Lipinski definition) is 6. The van der Waals surface area contributed by atoms with E-state index in [0.717, 1.165) is 72.1 Å². The molecule has 1 N–H and O–H groups in total. The van der Waals surface area contributed by atoms with E-state index in [1.54, 1.807) is 36.4 Å². The summed E-state index contributed by atoms with van der Waals surface area (Å²) in [6.07, 6.45) is 4.49. The zero-order valence-corrected chi connectivity index (χ0v) is 22.7. The minimum absolute atomic E-state index is 0.186. The Hall–Kier alpha value is -4.40. The quantitative estimate of drug-likeness (QED) is 0.208.